The van der Waals surface area contributed by atoms with E-state index in [9.17, 15) is 14.3 Å². The number of phenolic OH excluding ortho intramolecular Hbond substituents is 1. The number of hydrogen-bond acceptors (Lipinski definition) is 4. The van der Waals surface area contributed by atoms with E-state index in [0.29, 0.717) is 4.47 Å². The number of carbonyl (C=O) groups is 1. The molecule has 108 valence electrons. The summed E-state index contributed by atoms with van der Waals surface area (Å²) < 4.78 is 18.7. The highest BCUT2D eigenvalue weighted by atomic mass is 79.9. The first-order chi connectivity index (χ1) is 8.40. The van der Waals surface area contributed by atoms with Crippen LogP contribution in [0.25, 0.3) is 0 Å². The van der Waals surface area contributed by atoms with Crippen LogP contribution in [-0.2, 0) is 9.53 Å². The number of carbonyl (C=O) groups excluding carboxylic acids is 1. The molecule has 0 fully saturated rings. The summed E-state index contributed by atoms with van der Waals surface area (Å²) in [6.45, 7) is 1.61. The van der Waals surface area contributed by atoms with Crippen LogP contribution in [-0.4, -0.2) is 23.9 Å². The second-order valence-electron chi connectivity index (χ2n) is 3.47. The zero-order chi connectivity index (χ0) is 13.9. The van der Waals surface area contributed by atoms with Crippen molar-refractivity contribution in [1.29, 1.82) is 0 Å². The standard InChI is InChI=1S/C11H12BrClFNO3.ClH/c1-2-18-11(17)8(14)9(15)7-5(12)3-4-6(13)10(7)16;/h3-4,8-9,16H,2,15H2,1H3;1H/t8?,9-;/m1./s1. The molecular formula is C11H13BrCl2FNO3. The van der Waals surface area contributed by atoms with Crippen LogP contribution in [0.4, 0.5) is 4.39 Å². The molecule has 0 saturated carbocycles. The molecule has 3 N–H and O–H groups in total. The van der Waals surface area contributed by atoms with Crippen LogP contribution < -0.4 is 5.73 Å². The molecule has 0 spiro atoms. The Bertz CT molecular complexity index is 462. The third-order valence-corrected chi connectivity index (χ3v) is 3.27. The van der Waals surface area contributed by atoms with Gasteiger partial charge in [-0.1, -0.05) is 27.5 Å². The van der Waals surface area contributed by atoms with Gasteiger partial charge in [0.05, 0.1) is 17.7 Å². The molecule has 0 heterocycles. The lowest BCUT2D eigenvalue weighted by molar-refractivity contribution is -0.149. The van der Waals surface area contributed by atoms with Crippen LogP contribution in [0.1, 0.15) is 18.5 Å². The van der Waals surface area contributed by atoms with Crippen LogP contribution in [0, 0.1) is 0 Å². The summed E-state index contributed by atoms with van der Waals surface area (Å²) in [5.41, 5.74) is 5.65. The summed E-state index contributed by atoms with van der Waals surface area (Å²) in [6, 6.07) is 1.57. The Morgan fingerprint density at radius 3 is 2.74 bits per heavy atom. The third-order valence-electron chi connectivity index (χ3n) is 2.28. The SMILES string of the molecule is CCOC(=O)C(F)[C@H](N)c1c(Br)ccc(Cl)c1O.Cl. The quantitative estimate of drug-likeness (QED) is 0.792. The van der Waals surface area contributed by atoms with Crippen molar-refractivity contribution in [2.45, 2.75) is 19.1 Å². The van der Waals surface area contributed by atoms with Crippen molar-refractivity contribution in [1.82, 2.24) is 0 Å². The van der Waals surface area contributed by atoms with Gasteiger partial charge in [0.25, 0.3) is 0 Å². The number of esters is 1. The van der Waals surface area contributed by atoms with Crippen molar-refractivity contribution in [3.8, 4) is 5.75 Å². The minimum absolute atomic E-state index is 0. The van der Waals surface area contributed by atoms with E-state index >= 15 is 0 Å². The Morgan fingerprint density at radius 2 is 2.21 bits per heavy atom. The number of alkyl halides is 1. The van der Waals surface area contributed by atoms with E-state index in [1.54, 1.807) is 6.92 Å². The predicted molar refractivity (Wildman–Crippen MR) is 76.5 cm³/mol. The molecule has 1 rings (SSSR count). The number of rotatable bonds is 4. The molecule has 0 radical (unpaired) electrons. The number of nitrogens with two attached hydrogens (primary N) is 1. The van der Waals surface area contributed by atoms with E-state index in [2.05, 4.69) is 20.7 Å². The largest absolute Gasteiger partial charge is 0.506 e. The summed E-state index contributed by atoms with van der Waals surface area (Å²) in [4.78, 5) is 11.3. The number of benzene rings is 1. The molecular weight excluding hydrogens is 364 g/mol. The number of aromatic hydroxyl groups is 1. The summed E-state index contributed by atoms with van der Waals surface area (Å²) in [6.07, 6.45) is -2.08. The third kappa shape index (κ3) is 4.21. The fraction of sp³-hybridized carbons (Fsp3) is 0.364. The number of phenols is 1. The lowest BCUT2D eigenvalue weighted by atomic mass is 10.0. The van der Waals surface area contributed by atoms with Gasteiger partial charge < -0.3 is 15.6 Å². The van der Waals surface area contributed by atoms with Gasteiger partial charge in [-0.05, 0) is 19.1 Å². The summed E-state index contributed by atoms with van der Waals surface area (Å²) in [5.74, 6) is -1.43. The molecule has 8 heteroatoms. The zero-order valence-electron chi connectivity index (χ0n) is 9.90. The molecule has 1 aromatic carbocycles. The Labute approximate surface area is 129 Å². The zero-order valence-corrected chi connectivity index (χ0v) is 13.1. The lowest BCUT2D eigenvalue weighted by Gasteiger charge is -2.18. The van der Waals surface area contributed by atoms with Crippen molar-refractivity contribution in [3.63, 3.8) is 0 Å². The highest BCUT2D eigenvalue weighted by molar-refractivity contribution is 9.10. The first kappa shape index (κ1) is 18.4. The van der Waals surface area contributed by atoms with Gasteiger partial charge in [-0.15, -0.1) is 12.4 Å². The van der Waals surface area contributed by atoms with Gasteiger partial charge in [0.15, 0.2) is 0 Å². The molecule has 1 aromatic rings. The van der Waals surface area contributed by atoms with Crippen LogP contribution >= 0.6 is 39.9 Å². The van der Waals surface area contributed by atoms with Gasteiger partial charge in [-0.3, -0.25) is 0 Å². The van der Waals surface area contributed by atoms with Crippen LogP contribution in [0.3, 0.4) is 0 Å². The maximum atomic E-state index is 13.8. The smallest absolute Gasteiger partial charge is 0.342 e. The fourth-order valence-corrected chi connectivity index (χ4v) is 2.14. The van der Waals surface area contributed by atoms with E-state index in [0.717, 1.165) is 0 Å². The van der Waals surface area contributed by atoms with Crippen molar-refractivity contribution in [2.75, 3.05) is 6.61 Å². The normalized spacial score (nSPS) is 13.3. The Kier molecular flexibility index (Phi) is 7.66. The van der Waals surface area contributed by atoms with E-state index in [1.807, 2.05) is 0 Å². The molecule has 4 nitrogen and oxygen atoms in total. The Balaban J connectivity index is 0.00000324. The maximum Gasteiger partial charge on any atom is 0.342 e. The second-order valence-corrected chi connectivity index (χ2v) is 4.73. The van der Waals surface area contributed by atoms with Crippen molar-refractivity contribution >= 4 is 45.9 Å². The minimum Gasteiger partial charge on any atom is -0.506 e. The van der Waals surface area contributed by atoms with Crippen LogP contribution in [0.2, 0.25) is 5.02 Å². The van der Waals surface area contributed by atoms with E-state index < -0.39 is 18.2 Å². The van der Waals surface area contributed by atoms with E-state index in [1.165, 1.54) is 12.1 Å². The number of halogens is 4. The Hall–Kier alpha value is -0.560. The summed E-state index contributed by atoms with van der Waals surface area (Å²) in [5, 5.41) is 9.78. The molecule has 19 heavy (non-hydrogen) atoms. The first-order valence-electron chi connectivity index (χ1n) is 5.13. The molecule has 0 saturated heterocycles. The van der Waals surface area contributed by atoms with Crippen LogP contribution in [0.5, 0.6) is 5.75 Å². The lowest BCUT2D eigenvalue weighted by Crippen LogP contribution is -2.31. The molecule has 0 bridgehead atoms. The highest BCUT2D eigenvalue weighted by Gasteiger charge is 2.31. The maximum absolute atomic E-state index is 13.8. The molecule has 0 amide bonds. The fourth-order valence-electron chi connectivity index (χ4n) is 1.39. The molecule has 0 aliphatic rings. The molecule has 0 aliphatic carbocycles. The van der Waals surface area contributed by atoms with Gasteiger partial charge in [-0.25, -0.2) is 9.18 Å². The molecule has 0 aromatic heterocycles. The van der Waals surface area contributed by atoms with E-state index in [4.69, 9.17) is 17.3 Å². The Morgan fingerprint density at radius 1 is 1.63 bits per heavy atom. The van der Waals surface area contributed by atoms with Gasteiger partial charge in [0, 0.05) is 10.0 Å². The first-order valence-corrected chi connectivity index (χ1v) is 6.30. The van der Waals surface area contributed by atoms with E-state index in [-0.39, 0.29) is 35.3 Å². The highest BCUT2D eigenvalue weighted by Crippen LogP contribution is 2.38. The second kappa shape index (κ2) is 7.89. The van der Waals surface area contributed by atoms with Gasteiger partial charge in [0.2, 0.25) is 6.17 Å². The average molecular weight is 377 g/mol. The summed E-state index contributed by atoms with van der Waals surface area (Å²) in [7, 11) is 0. The van der Waals surface area contributed by atoms with Crippen molar-refractivity contribution < 1.29 is 19.0 Å². The predicted octanol–water partition coefficient (Wildman–Crippen LogP) is 3.13. The van der Waals surface area contributed by atoms with Gasteiger partial charge in [0.1, 0.15) is 5.75 Å². The number of hydrogen-bond donors (Lipinski definition) is 2. The minimum atomic E-state index is -2.08. The number of ether oxygens (including phenoxy) is 1. The van der Waals surface area contributed by atoms with Crippen molar-refractivity contribution in [2.24, 2.45) is 5.73 Å². The summed E-state index contributed by atoms with van der Waals surface area (Å²) >= 11 is 8.83. The van der Waals surface area contributed by atoms with Gasteiger partial charge in [-0.2, -0.15) is 0 Å². The molecule has 0 aliphatic heterocycles. The van der Waals surface area contributed by atoms with Crippen LogP contribution in [0.15, 0.2) is 16.6 Å². The van der Waals surface area contributed by atoms with Crippen molar-refractivity contribution in [3.05, 3.63) is 27.2 Å². The topological polar surface area (TPSA) is 72.5 Å². The molecule has 1 unspecified atom stereocenters. The monoisotopic (exact) mass is 375 g/mol. The average Bonchev–Trinajstić information content (AvgIpc) is 2.33. The molecule has 2 atom stereocenters. The van der Waals surface area contributed by atoms with Gasteiger partial charge >= 0.3 is 5.97 Å².